The number of allylic oxidation sites excluding steroid dienone is 1. The molecular formula is C10H10O4S. The molecule has 15 heavy (non-hydrogen) atoms. The molecule has 0 heterocycles. The highest BCUT2D eigenvalue weighted by Crippen LogP contribution is 2.13. The molecule has 5 heteroatoms. The second-order valence-electron chi connectivity index (χ2n) is 2.83. The van der Waals surface area contributed by atoms with E-state index in [0.29, 0.717) is 6.29 Å². The summed E-state index contributed by atoms with van der Waals surface area (Å²) in [4.78, 5) is 9.97. The third-order valence-corrected chi connectivity index (χ3v) is 2.86. The molecule has 0 fully saturated rings. The van der Waals surface area contributed by atoms with Crippen molar-refractivity contribution in [3.8, 4) is 0 Å². The summed E-state index contributed by atoms with van der Waals surface area (Å²) in [7, 11) is -3.79. The van der Waals surface area contributed by atoms with Gasteiger partial charge in [-0.3, -0.25) is 4.79 Å². The Hall–Kier alpha value is -1.62. The fourth-order valence-electron chi connectivity index (χ4n) is 0.898. The van der Waals surface area contributed by atoms with Crippen molar-refractivity contribution in [2.75, 3.05) is 0 Å². The van der Waals surface area contributed by atoms with E-state index in [1.165, 1.54) is 12.1 Å². The maximum absolute atomic E-state index is 11.4. The molecule has 0 spiro atoms. The van der Waals surface area contributed by atoms with Gasteiger partial charge in [0.15, 0.2) is 0 Å². The van der Waals surface area contributed by atoms with Crippen LogP contribution in [0.15, 0.2) is 41.5 Å². The smallest absolute Gasteiger partial charge is 0.338 e. The van der Waals surface area contributed by atoms with Crippen LogP contribution in [0.1, 0.15) is 5.56 Å². The molecule has 1 aromatic rings. The maximum Gasteiger partial charge on any atom is 0.338 e. The van der Waals surface area contributed by atoms with Crippen LogP contribution >= 0.6 is 0 Å². The van der Waals surface area contributed by atoms with Crippen LogP contribution in [0.2, 0.25) is 0 Å². The van der Waals surface area contributed by atoms with Gasteiger partial charge in [-0.15, -0.1) is 0 Å². The van der Waals surface area contributed by atoms with Crippen molar-refractivity contribution < 1.29 is 17.4 Å². The van der Waals surface area contributed by atoms with Crippen molar-refractivity contribution in [1.82, 2.24) is 0 Å². The standard InChI is InChI=1S/C10H10O4S/c1-9-3-5-10(6-4-9)15(12,13)14-8-2-7-11/h2-8H,1H3/b8-2+. The molecule has 1 aromatic carbocycles. The number of carbonyl (C=O) groups is 1. The summed E-state index contributed by atoms with van der Waals surface area (Å²) in [5.41, 5.74) is 0.956. The Morgan fingerprint density at radius 3 is 2.33 bits per heavy atom. The molecule has 0 N–H and O–H groups in total. The van der Waals surface area contributed by atoms with Crippen LogP contribution in [0.5, 0.6) is 0 Å². The fraction of sp³-hybridized carbons (Fsp3) is 0.100. The van der Waals surface area contributed by atoms with E-state index in [2.05, 4.69) is 4.18 Å². The monoisotopic (exact) mass is 226 g/mol. The molecule has 80 valence electrons. The highest BCUT2D eigenvalue weighted by molar-refractivity contribution is 7.86. The Balaban J connectivity index is 2.91. The van der Waals surface area contributed by atoms with Gasteiger partial charge in [-0.2, -0.15) is 8.42 Å². The van der Waals surface area contributed by atoms with Gasteiger partial charge < -0.3 is 4.18 Å². The SMILES string of the molecule is Cc1ccc(S(=O)(=O)O/C=C/C=O)cc1. The Bertz CT molecular complexity index is 457. The molecule has 0 aromatic heterocycles. The fourth-order valence-corrected chi connectivity index (χ4v) is 1.69. The third-order valence-electron chi connectivity index (χ3n) is 1.65. The summed E-state index contributed by atoms with van der Waals surface area (Å²) in [5.74, 6) is 0. The van der Waals surface area contributed by atoms with Crippen LogP contribution in [0.3, 0.4) is 0 Å². The number of aldehydes is 1. The summed E-state index contributed by atoms with van der Waals surface area (Å²) >= 11 is 0. The minimum Gasteiger partial charge on any atom is -0.387 e. The predicted molar refractivity (Wildman–Crippen MR) is 54.7 cm³/mol. The van der Waals surface area contributed by atoms with Gasteiger partial charge in [0.1, 0.15) is 17.4 Å². The van der Waals surface area contributed by atoms with E-state index in [0.717, 1.165) is 17.9 Å². The van der Waals surface area contributed by atoms with Crippen molar-refractivity contribution in [2.24, 2.45) is 0 Å². The van der Waals surface area contributed by atoms with E-state index in [1.54, 1.807) is 12.1 Å². The Morgan fingerprint density at radius 1 is 1.20 bits per heavy atom. The summed E-state index contributed by atoms with van der Waals surface area (Å²) < 4.78 is 27.3. The van der Waals surface area contributed by atoms with E-state index < -0.39 is 10.1 Å². The zero-order chi connectivity index (χ0) is 11.3. The molecule has 0 saturated carbocycles. The number of hydrogen-bond donors (Lipinski definition) is 0. The molecule has 0 atom stereocenters. The number of carbonyl (C=O) groups excluding carboxylic acids is 1. The van der Waals surface area contributed by atoms with Gasteiger partial charge in [-0.05, 0) is 19.1 Å². The lowest BCUT2D eigenvalue weighted by Gasteiger charge is -2.02. The van der Waals surface area contributed by atoms with Crippen LogP contribution in [0, 0.1) is 6.92 Å². The van der Waals surface area contributed by atoms with Gasteiger partial charge >= 0.3 is 10.1 Å². The van der Waals surface area contributed by atoms with Gasteiger partial charge in [0.05, 0.1) is 0 Å². The molecule has 4 nitrogen and oxygen atoms in total. The normalized spacial score (nSPS) is 11.5. The van der Waals surface area contributed by atoms with E-state index in [-0.39, 0.29) is 4.90 Å². The second-order valence-corrected chi connectivity index (χ2v) is 4.40. The van der Waals surface area contributed by atoms with Crippen molar-refractivity contribution in [3.63, 3.8) is 0 Å². The summed E-state index contributed by atoms with van der Waals surface area (Å²) in [6.07, 6.45) is 2.23. The van der Waals surface area contributed by atoms with Crippen LogP contribution in [-0.2, 0) is 19.1 Å². The molecule has 0 bridgehead atoms. The highest BCUT2D eigenvalue weighted by Gasteiger charge is 2.12. The van der Waals surface area contributed by atoms with Crippen LogP contribution in [0.25, 0.3) is 0 Å². The quantitative estimate of drug-likeness (QED) is 0.337. The first kappa shape index (κ1) is 11.5. The molecular weight excluding hydrogens is 216 g/mol. The first-order valence-corrected chi connectivity index (χ1v) is 5.57. The Morgan fingerprint density at radius 2 is 1.80 bits per heavy atom. The maximum atomic E-state index is 11.4. The average molecular weight is 226 g/mol. The van der Waals surface area contributed by atoms with Crippen molar-refractivity contribution in [1.29, 1.82) is 0 Å². The van der Waals surface area contributed by atoms with Gasteiger partial charge in [0.25, 0.3) is 0 Å². The highest BCUT2D eigenvalue weighted by atomic mass is 32.2. The number of rotatable bonds is 4. The molecule has 0 aliphatic rings. The minimum absolute atomic E-state index is 0.0589. The van der Waals surface area contributed by atoms with Crippen molar-refractivity contribution in [3.05, 3.63) is 42.2 Å². The number of aryl methyl sites for hydroxylation is 1. The lowest BCUT2D eigenvalue weighted by Crippen LogP contribution is -2.01. The largest absolute Gasteiger partial charge is 0.387 e. The lowest BCUT2D eigenvalue weighted by molar-refractivity contribution is -0.104. The van der Waals surface area contributed by atoms with Crippen molar-refractivity contribution >= 4 is 16.4 Å². The molecule has 0 amide bonds. The third kappa shape index (κ3) is 3.21. The zero-order valence-electron chi connectivity index (χ0n) is 8.08. The molecule has 0 unspecified atom stereocenters. The number of benzene rings is 1. The minimum atomic E-state index is -3.79. The molecule has 0 aliphatic carbocycles. The van der Waals surface area contributed by atoms with Crippen LogP contribution in [0.4, 0.5) is 0 Å². The Labute approximate surface area is 88.3 Å². The molecule has 0 aliphatic heterocycles. The van der Waals surface area contributed by atoms with Gasteiger partial charge in [0, 0.05) is 6.08 Å². The molecule has 1 rings (SSSR count). The first-order valence-electron chi connectivity index (χ1n) is 4.16. The molecule has 0 radical (unpaired) electrons. The van der Waals surface area contributed by atoms with E-state index in [9.17, 15) is 13.2 Å². The summed E-state index contributed by atoms with van der Waals surface area (Å²) in [6, 6.07) is 6.22. The lowest BCUT2D eigenvalue weighted by atomic mass is 10.2. The zero-order valence-corrected chi connectivity index (χ0v) is 8.90. The average Bonchev–Trinajstić information content (AvgIpc) is 2.18. The van der Waals surface area contributed by atoms with Gasteiger partial charge in [0.2, 0.25) is 0 Å². The topological polar surface area (TPSA) is 60.4 Å². The van der Waals surface area contributed by atoms with Crippen molar-refractivity contribution in [2.45, 2.75) is 11.8 Å². The van der Waals surface area contributed by atoms with Crippen LogP contribution < -0.4 is 0 Å². The van der Waals surface area contributed by atoms with E-state index >= 15 is 0 Å². The number of hydrogen-bond acceptors (Lipinski definition) is 4. The van der Waals surface area contributed by atoms with Crippen LogP contribution in [-0.4, -0.2) is 14.7 Å². The van der Waals surface area contributed by atoms with E-state index in [1.807, 2.05) is 6.92 Å². The van der Waals surface area contributed by atoms with Gasteiger partial charge in [-0.25, -0.2) is 0 Å². The second kappa shape index (κ2) is 4.75. The predicted octanol–water partition coefficient (Wildman–Crippen LogP) is 1.41. The summed E-state index contributed by atoms with van der Waals surface area (Å²) in [5, 5.41) is 0. The first-order chi connectivity index (χ1) is 7.06. The molecule has 0 saturated heterocycles. The van der Waals surface area contributed by atoms with E-state index in [4.69, 9.17) is 0 Å². The van der Waals surface area contributed by atoms with Gasteiger partial charge in [-0.1, -0.05) is 17.7 Å². The Kier molecular flexibility index (Phi) is 3.62. The summed E-state index contributed by atoms with van der Waals surface area (Å²) in [6.45, 7) is 1.85.